The molecule has 0 radical (unpaired) electrons. The fourth-order valence-corrected chi connectivity index (χ4v) is 3.01. The fraction of sp³-hybridized carbons (Fsp3) is 0.286. The van der Waals surface area contributed by atoms with Gasteiger partial charge in [0.15, 0.2) is 12.2 Å². The summed E-state index contributed by atoms with van der Waals surface area (Å²) in [6.07, 6.45) is 0. The van der Waals surface area contributed by atoms with Crippen LogP contribution in [0.4, 0.5) is 11.4 Å². The second-order valence-electron chi connectivity index (χ2n) is 7.33. The van der Waals surface area contributed by atoms with Crippen molar-refractivity contribution >= 4 is 34.4 Å². The topological polar surface area (TPSA) is 128 Å². The Labute approximate surface area is 182 Å². The van der Waals surface area contributed by atoms with Gasteiger partial charge in [-0.1, -0.05) is 12.1 Å². The highest BCUT2D eigenvalue weighted by Gasteiger charge is 2.18. The number of carbonyl (C=O) groups excluding carboxylic acids is 2. The van der Waals surface area contributed by atoms with Crippen molar-refractivity contribution in [1.29, 1.82) is 0 Å². The molecule has 2 aromatic carbocycles. The van der Waals surface area contributed by atoms with Gasteiger partial charge in [0, 0.05) is 39.4 Å². The third kappa shape index (κ3) is 5.12. The number of hydrogen-bond acceptors (Lipinski definition) is 8. The smallest absolute Gasteiger partial charge is 0.420 e. The number of non-ortho nitro benzene ring substituents is 1. The Morgan fingerprint density at radius 1 is 1.12 bits per heavy atom. The standard InChI is InChI=1S/C21H22N4O7/c1-22(2)15-6-4-14(5-7-15)11-23(3)19(26)13-31-20(27)12-24-17-9-8-16(25(29)30)10-18(17)32-21(24)28/h4-10H,11-13H2,1-3H3. The van der Waals surface area contributed by atoms with Crippen LogP contribution in [0.1, 0.15) is 5.56 Å². The molecule has 0 saturated heterocycles. The van der Waals surface area contributed by atoms with Crippen LogP contribution < -0.4 is 10.7 Å². The summed E-state index contributed by atoms with van der Waals surface area (Å²) < 4.78 is 11.0. The number of amides is 1. The summed E-state index contributed by atoms with van der Waals surface area (Å²) in [4.78, 5) is 50.1. The molecule has 0 bridgehead atoms. The van der Waals surface area contributed by atoms with Crippen LogP contribution in [-0.2, 0) is 27.4 Å². The highest BCUT2D eigenvalue weighted by Crippen LogP contribution is 2.20. The first-order valence-corrected chi connectivity index (χ1v) is 9.59. The normalized spacial score (nSPS) is 10.7. The molecule has 3 rings (SSSR count). The van der Waals surface area contributed by atoms with Gasteiger partial charge in [-0.15, -0.1) is 0 Å². The van der Waals surface area contributed by atoms with Gasteiger partial charge in [-0.2, -0.15) is 0 Å². The number of fused-ring (bicyclic) bond motifs is 1. The third-order valence-electron chi connectivity index (χ3n) is 4.80. The van der Waals surface area contributed by atoms with Crippen molar-refractivity contribution in [2.45, 2.75) is 13.1 Å². The average molecular weight is 442 g/mol. The predicted octanol–water partition coefficient (Wildman–Crippen LogP) is 1.77. The van der Waals surface area contributed by atoms with Crippen LogP contribution in [0.2, 0.25) is 0 Å². The number of carbonyl (C=O) groups is 2. The fourth-order valence-electron chi connectivity index (χ4n) is 3.01. The number of nitro benzene ring substituents is 1. The summed E-state index contributed by atoms with van der Waals surface area (Å²) in [5, 5.41) is 10.8. The van der Waals surface area contributed by atoms with Gasteiger partial charge in [0.25, 0.3) is 11.6 Å². The minimum Gasteiger partial charge on any atom is -0.454 e. The molecule has 3 aromatic rings. The molecule has 0 fully saturated rings. The van der Waals surface area contributed by atoms with Gasteiger partial charge in [0.2, 0.25) is 0 Å². The molecule has 0 unspecified atom stereocenters. The maximum Gasteiger partial charge on any atom is 0.420 e. The number of benzene rings is 2. The molecule has 32 heavy (non-hydrogen) atoms. The highest BCUT2D eigenvalue weighted by atomic mass is 16.6. The van der Waals surface area contributed by atoms with E-state index in [1.54, 1.807) is 7.05 Å². The SMILES string of the molecule is CN(Cc1ccc(N(C)C)cc1)C(=O)COC(=O)Cn1c(=O)oc2cc([N+](=O)[O-])ccc21. The van der Waals surface area contributed by atoms with Crippen molar-refractivity contribution in [3.05, 3.63) is 68.7 Å². The Hall–Kier alpha value is -4.15. The maximum absolute atomic E-state index is 12.3. The van der Waals surface area contributed by atoms with Crippen molar-refractivity contribution in [2.24, 2.45) is 0 Å². The minimum absolute atomic E-state index is 0.0203. The van der Waals surface area contributed by atoms with E-state index in [4.69, 9.17) is 9.15 Å². The molecule has 11 nitrogen and oxygen atoms in total. The minimum atomic E-state index is -0.859. The van der Waals surface area contributed by atoms with E-state index in [2.05, 4.69) is 0 Å². The van der Waals surface area contributed by atoms with Crippen molar-refractivity contribution in [3.63, 3.8) is 0 Å². The lowest BCUT2D eigenvalue weighted by Gasteiger charge is -2.18. The number of nitrogens with zero attached hydrogens (tertiary/aromatic N) is 4. The maximum atomic E-state index is 12.3. The Morgan fingerprint density at radius 2 is 1.81 bits per heavy atom. The van der Waals surface area contributed by atoms with Crippen LogP contribution in [0.3, 0.4) is 0 Å². The summed E-state index contributed by atoms with van der Waals surface area (Å²) in [6, 6.07) is 11.3. The number of oxazole rings is 1. The quantitative estimate of drug-likeness (QED) is 0.293. The summed E-state index contributed by atoms with van der Waals surface area (Å²) in [7, 11) is 5.46. The van der Waals surface area contributed by atoms with Gasteiger partial charge in [-0.05, 0) is 23.8 Å². The summed E-state index contributed by atoms with van der Waals surface area (Å²) in [5.74, 6) is -2.08. The van der Waals surface area contributed by atoms with E-state index < -0.39 is 35.7 Å². The van der Waals surface area contributed by atoms with Crippen molar-refractivity contribution in [1.82, 2.24) is 9.47 Å². The van der Waals surface area contributed by atoms with Gasteiger partial charge in [-0.25, -0.2) is 4.79 Å². The Kier molecular flexibility index (Phi) is 6.57. The summed E-state index contributed by atoms with van der Waals surface area (Å²) >= 11 is 0. The lowest BCUT2D eigenvalue weighted by molar-refractivity contribution is -0.384. The van der Waals surface area contributed by atoms with Gasteiger partial charge >= 0.3 is 11.7 Å². The second-order valence-corrected chi connectivity index (χ2v) is 7.33. The number of nitro groups is 1. The first-order valence-electron chi connectivity index (χ1n) is 9.59. The molecule has 0 aliphatic rings. The highest BCUT2D eigenvalue weighted by molar-refractivity contribution is 5.81. The van der Waals surface area contributed by atoms with E-state index in [-0.39, 0.29) is 16.8 Å². The average Bonchev–Trinajstić information content (AvgIpc) is 3.06. The number of likely N-dealkylation sites (N-methyl/N-ethyl adjacent to an activating group) is 1. The van der Waals surface area contributed by atoms with Crippen LogP contribution in [0.25, 0.3) is 11.1 Å². The first-order chi connectivity index (χ1) is 15.2. The second kappa shape index (κ2) is 9.33. The zero-order chi connectivity index (χ0) is 23.4. The molecule has 0 N–H and O–H groups in total. The zero-order valence-corrected chi connectivity index (χ0v) is 17.8. The van der Waals surface area contributed by atoms with Crippen LogP contribution >= 0.6 is 0 Å². The lowest BCUT2D eigenvalue weighted by atomic mass is 10.2. The molecule has 0 aliphatic heterocycles. The largest absolute Gasteiger partial charge is 0.454 e. The number of hydrogen-bond donors (Lipinski definition) is 0. The Morgan fingerprint density at radius 3 is 2.44 bits per heavy atom. The monoisotopic (exact) mass is 442 g/mol. The van der Waals surface area contributed by atoms with E-state index in [1.807, 2.05) is 43.3 Å². The van der Waals surface area contributed by atoms with Crippen molar-refractivity contribution in [2.75, 3.05) is 32.6 Å². The molecule has 1 heterocycles. The Bertz CT molecular complexity index is 1210. The van der Waals surface area contributed by atoms with E-state index in [0.29, 0.717) is 6.54 Å². The molecule has 168 valence electrons. The third-order valence-corrected chi connectivity index (χ3v) is 4.80. The zero-order valence-electron chi connectivity index (χ0n) is 17.8. The molecule has 0 saturated carbocycles. The molecule has 0 aliphatic carbocycles. The van der Waals surface area contributed by atoms with E-state index >= 15 is 0 Å². The molecule has 0 spiro atoms. The summed E-state index contributed by atoms with van der Waals surface area (Å²) in [6.45, 7) is -0.636. The number of esters is 1. The first kappa shape index (κ1) is 22.5. The van der Waals surface area contributed by atoms with Gasteiger partial charge in [-0.3, -0.25) is 24.3 Å². The summed E-state index contributed by atoms with van der Waals surface area (Å²) in [5.41, 5.74) is 1.90. The molecule has 1 amide bonds. The molecule has 0 atom stereocenters. The molecule has 11 heteroatoms. The number of ether oxygens (including phenoxy) is 1. The predicted molar refractivity (Wildman–Crippen MR) is 115 cm³/mol. The van der Waals surface area contributed by atoms with Crippen LogP contribution in [0.5, 0.6) is 0 Å². The lowest BCUT2D eigenvalue weighted by Crippen LogP contribution is -2.32. The van der Waals surface area contributed by atoms with Crippen LogP contribution in [-0.4, -0.2) is 54.0 Å². The van der Waals surface area contributed by atoms with E-state index in [1.165, 1.54) is 17.0 Å². The van der Waals surface area contributed by atoms with Gasteiger partial charge in [0.05, 0.1) is 16.5 Å². The van der Waals surface area contributed by atoms with E-state index in [9.17, 15) is 24.5 Å². The molecular formula is C21H22N4O7. The number of aromatic nitrogens is 1. The van der Waals surface area contributed by atoms with Crippen molar-refractivity contribution in [3.8, 4) is 0 Å². The molecular weight excluding hydrogens is 420 g/mol. The van der Waals surface area contributed by atoms with Gasteiger partial charge < -0.3 is 19.0 Å². The Balaban J connectivity index is 1.57. The number of rotatable bonds is 8. The van der Waals surface area contributed by atoms with Gasteiger partial charge in [0.1, 0.15) is 6.54 Å². The van der Waals surface area contributed by atoms with Crippen LogP contribution in [0.15, 0.2) is 51.7 Å². The molecule has 1 aromatic heterocycles. The van der Waals surface area contributed by atoms with Crippen molar-refractivity contribution < 1.29 is 23.7 Å². The number of anilines is 1. The van der Waals surface area contributed by atoms with Crippen LogP contribution in [0, 0.1) is 10.1 Å². The van der Waals surface area contributed by atoms with E-state index in [0.717, 1.165) is 21.9 Å².